The zero-order valence-corrected chi connectivity index (χ0v) is 11.9. The van der Waals surface area contributed by atoms with Crippen molar-refractivity contribution in [1.29, 1.82) is 0 Å². The third-order valence-corrected chi connectivity index (χ3v) is 4.28. The van der Waals surface area contributed by atoms with Gasteiger partial charge < -0.3 is 20.6 Å². The second kappa shape index (κ2) is 7.22. The molecule has 19 heavy (non-hydrogen) atoms. The summed E-state index contributed by atoms with van der Waals surface area (Å²) in [7, 11) is 0. The molecule has 0 radical (unpaired) electrons. The highest BCUT2D eigenvalue weighted by Gasteiger charge is 2.31. The van der Waals surface area contributed by atoms with Gasteiger partial charge in [0.05, 0.1) is 12.6 Å². The fraction of sp³-hybridized carbons (Fsp3) is 0.929. The Bertz CT molecular complexity index is 284. The van der Waals surface area contributed by atoms with Gasteiger partial charge in [0.2, 0.25) is 5.91 Å². The van der Waals surface area contributed by atoms with Gasteiger partial charge in [0.25, 0.3) is 0 Å². The molecule has 1 aliphatic heterocycles. The SMILES string of the molecule is CC1CNC(C(=O)N(CCO)C2CCCCC2)CN1. The fourth-order valence-electron chi connectivity index (χ4n) is 3.13. The number of carbonyl (C=O) groups excluding carboxylic acids is 1. The molecule has 0 bridgehead atoms. The van der Waals surface area contributed by atoms with E-state index < -0.39 is 0 Å². The van der Waals surface area contributed by atoms with E-state index in [0.29, 0.717) is 25.2 Å². The van der Waals surface area contributed by atoms with Crippen LogP contribution in [0.3, 0.4) is 0 Å². The molecule has 1 amide bonds. The monoisotopic (exact) mass is 269 g/mol. The van der Waals surface area contributed by atoms with Gasteiger partial charge in [-0.15, -0.1) is 0 Å². The summed E-state index contributed by atoms with van der Waals surface area (Å²) in [6, 6.07) is 0.615. The highest BCUT2D eigenvalue weighted by atomic mass is 16.3. The lowest BCUT2D eigenvalue weighted by molar-refractivity contribution is -0.137. The summed E-state index contributed by atoms with van der Waals surface area (Å²) in [5, 5.41) is 15.9. The van der Waals surface area contributed by atoms with Gasteiger partial charge in [-0.1, -0.05) is 19.3 Å². The van der Waals surface area contributed by atoms with Crippen LogP contribution in [0.2, 0.25) is 0 Å². The number of aliphatic hydroxyl groups is 1. The zero-order chi connectivity index (χ0) is 13.7. The minimum absolute atomic E-state index is 0.0544. The van der Waals surface area contributed by atoms with Crippen LogP contribution in [-0.2, 0) is 4.79 Å². The predicted octanol–water partition coefficient (Wildman–Crippen LogP) is 0.0899. The molecule has 5 heteroatoms. The van der Waals surface area contributed by atoms with Crippen molar-refractivity contribution < 1.29 is 9.90 Å². The zero-order valence-electron chi connectivity index (χ0n) is 11.9. The smallest absolute Gasteiger partial charge is 0.241 e. The van der Waals surface area contributed by atoms with E-state index in [1.807, 2.05) is 4.90 Å². The predicted molar refractivity (Wildman–Crippen MR) is 74.9 cm³/mol. The minimum atomic E-state index is -0.135. The van der Waals surface area contributed by atoms with Crippen LogP contribution in [-0.4, -0.2) is 60.3 Å². The van der Waals surface area contributed by atoms with Crippen LogP contribution in [0, 0.1) is 0 Å². The van der Waals surface area contributed by atoms with Crippen LogP contribution in [0.5, 0.6) is 0 Å². The first kappa shape index (κ1) is 14.8. The fourth-order valence-corrected chi connectivity index (χ4v) is 3.13. The van der Waals surface area contributed by atoms with Crippen LogP contribution in [0.1, 0.15) is 39.0 Å². The molecule has 0 aromatic rings. The second-order valence-corrected chi connectivity index (χ2v) is 5.82. The molecule has 2 rings (SSSR count). The Morgan fingerprint density at radius 1 is 1.21 bits per heavy atom. The molecule has 1 saturated heterocycles. The lowest BCUT2D eigenvalue weighted by atomic mass is 9.93. The van der Waals surface area contributed by atoms with Crippen LogP contribution >= 0.6 is 0 Å². The quantitative estimate of drug-likeness (QED) is 0.677. The number of hydrogen-bond donors (Lipinski definition) is 3. The normalized spacial score (nSPS) is 29.2. The lowest BCUT2D eigenvalue weighted by Gasteiger charge is -2.38. The average molecular weight is 269 g/mol. The Labute approximate surface area is 115 Å². The van der Waals surface area contributed by atoms with Gasteiger partial charge in [-0.2, -0.15) is 0 Å². The van der Waals surface area contributed by atoms with Gasteiger partial charge in [-0.25, -0.2) is 0 Å². The third-order valence-electron chi connectivity index (χ3n) is 4.28. The number of piperazine rings is 1. The Hall–Kier alpha value is -0.650. The van der Waals surface area contributed by atoms with Crippen molar-refractivity contribution >= 4 is 5.91 Å². The number of hydrogen-bond acceptors (Lipinski definition) is 4. The van der Waals surface area contributed by atoms with E-state index in [1.165, 1.54) is 19.3 Å². The van der Waals surface area contributed by atoms with Crippen LogP contribution in [0.4, 0.5) is 0 Å². The van der Waals surface area contributed by atoms with Crippen molar-refractivity contribution in [3.8, 4) is 0 Å². The summed E-state index contributed by atoms with van der Waals surface area (Å²) < 4.78 is 0. The topological polar surface area (TPSA) is 64.6 Å². The third kappa shape index (κ3) is 3.91. The molecular formula is C14H27N3O2. The van der Waals surface area contributed by atoms with Crippen molar-refractivity contribution in [3.05, 3.63) is 0 Å². The summed E-state index contributed by atoms with van der Waals surface area (Å²) in [6.45, 7) is 4.15. The molecule has 0 aromatic heterocycles. The van der Waals surface area contributed by atoms with Gasteiger partial charge in [-0.05, 0) is 19.8 Å². The van der Waals surface area contributed by atoms with E-state index in [-0.39, 0.29) is 18.6 Å². The maximum absolute atomic E-state index is 12.6. The van der Waals surface area contributed by atoms with E-state index in [2.05, 4.69) is 17.6 Å². The molecule has 1 aliphatic carbocycles. The molecule has 0 spiro atoms. The molecule has 110 valence electrons. The standard InChI is InChI=1S/C14H27N3O2/c1-11-9-16-13(10-15-11)14(19)17(7-8-18)12-5-3-2-4-6-12/h11-13,15-16,18H,2-10H2,1H3. The average Bonchev–Trinajstić information content (AvgIpc) is 2.46. The highest BCUT2D eigenvalue weighted by molar-refractivity contribution is 5.82. The van der Waals surface area contributed by atoms with Gasteiger partial charge in [-0.3, -0.25) is 4.79 Å². The van der Waals surface area contributed by atoms with Gasteiger partial charge in [0, 0.05) is 31.7 Å². The first-order valence-electron chi connectivity index (χ1n) is 7.60. The maximum atomic E-state index is 12.6. The summed E-state index contributed by atoms with van der Waals surface area (Å²) in [4.78, 5) is 14.5. The van der Waals surface area contributed by atoms with Crippen molar-refractivity contribution in [2.75, 3.05) is 26.2 Å². The summed E-state index contributed by atoms with van der Waals surface area (Å²) in [5.74, 6) is 0.153. The number of nitrogens with one attached hydrogen (secondary N) is 2. The first-order chi connectivity index (χ1) is 9.22. The molecule has 2 atom stereocenters. The van der Waals surface area contributed by atoms with Crippen LogP contribution < -0.4 is 10.6 Å². The Morgan fingerprint density at radius 2 is 1.95 bits per heavy atom. The number of nitrogens with zero attached hydrogens (tertiary/aromatic N) is 1. The van der Waals surface area contributed by atoms with Crippen molar-refractivity contribution in [1.82, 2.24) is 15.5 Å². The number of aliphatic hydroxyl groups excluding tert-OH is 1. The van der Waals surface area contributed by atoms with E-state index in [4.69, 9.17) is 0 Å². The van der Waals surface area contributed by atoms with Crippen LogP contribution in [0.15, 0.2) is 0 Å². The van der Waals surface area contributed by atoms with Crippen molar-refractivity contribution in [2.24, 2.45) is 0 Å². The first-order valence-corrected chi connectivity index (χ1v) is 7.60. The van der Waals surface area contributed by atoms with E-state index in [1.54, 1.807) is 0 Å². The lowest BCUT2D eigenvalue weighted by Crippen LogP contribution is -2.61. The van der Waals surface area contributed by atoms with Gasteiger partial charge >= 0.3 is 0 Å². The van der Waals surface area contributed by atoms with Crippen molar-refractivity contribution in [2.45, 2.75) is 57.2 Å². The molecule has 2 unspecified atom stereocenters. The van der Waals surface area contributed by atoms with Gasteiger partial charge in [0.1, 0.15) is 0 Å². The molecule has 1 heterocycles. The largest absolute Gasteiger partial charge is 0.395 e. The van der Waals surface area contributed by atoms with E-state index in [0.717, 1.165) is 19.4 Å². The van der Waals surface area contributed by atoms with Gasteiger partial charge in [0.15, 0.2) is 0 Å². The summed E-state index contributed by atoms with van der Waals surface area (Å²) in [5.41, 5.74) is 0. The Kier molecular flexibility index (Phi) is 5.60. The molecular weight excluding hydrogens is 242 g/mol. The molecule has 0 aromatic carbocycles. The molecule has 3 N–H and O–H groups in total. The van der Waals surface area contributed by atoms with E-state index >= 15 is 0 Å². The molecule has 2 aliphatic rings. The second-order valence-electron chi connectivity index (χ2n) is 5.82. The Balaban J connectivity index is 1.95. The highest BCUT2D eigenvalue weighted by Crippen LogP contribution is 2.23. The Morgan fingerprint density at radius 3 is 2.53 bits per heavy atom. The number of amides is 1. The van der Waals surface area contributed by atoms with E-state index in [9.17, 15) is 9.90 Å². The van der Waals surface area contributed by atoms with Crippen LogP contribution in [0.25, 0.3) is 0 Å². The maximum Gasteiger partial charge on any atom is 0.241 e. The number of rotatable bonds is 4. The summed E-state index contributed by atoms with van der Waals surface area (Å²) in [6.07, 6.45) is 5.85. The van der Waals surface area contributed by atoms with Crippen molar-refractivity contribution in [3.63, 3.8) is 0 Å². The summed E-state index contributed by atoms with van der Waals surface area (Å²) >= 11 is 0. The molecule has 1 saturated carbocycles. The molecule has 2 fully saturated rings. The number of carbonyl (C=O) groups is 1. The molecule has 5 nitrogen and oxygen atoms in total. The minimum Gasteiger partial charge on any atom is -0.395 e.